The fourth-order valence-corrected chi connectivity index (χ4v) is 4.95. The lowest BCUT2D eigenvalue weighted by Gasteiger charge is -2.32. The second-order valence-corrected chi connectivity index (χ2v) is 9.01. The number of amides is 1. The molecular formula is C26H26N6O3. The number of carbonyl (C=O) groups excluding carboxylic acids is 1. The van der Waals surface area contributed by atoms with Crippen molar-refractivity contribution in [2.24, 2.45) is 5.92 Å². The van der Waals surface area contributed by atoms with Gasteiger partial charge in [0.25, 0.3) is 0 Å². The molecule has 1 N–H and O–H groups in total. The predicted molar refractivity (Wildman–Crippen MR) is 132 cm³/mol. The lowest BCUT2D eigenvalue weighted by molar-refractivity contribution is -0.120. The van der Waals surface area contributed by atoms with Crippen LogP contribution in [0.1, 0.15) is 24.2 Å². The summed E-state index contributed by atoms with van der Waals surface area (Å²) in [5.41, 5.74) is 4.37. The van der Waals surface area contributed by atoms with Crippen molar-refractivity contribution in [3.63, 3.8) is 0 Å². The highest BCUT2D eigenvalue weighted by Crippen LogP contribution is 2.35. The van der Waals surface area contributed by atoms with Gasteiger partial charge < -0.3 is 19.7 Å². The smallest absolute Gasteiger partial charge is 0.231 e. The zero-order chi connectivity index (χ0) is 23.9. The Morgan fingerprint density at radius 1 is 1.06 bits per heavy atom. The van der Waals surface area contributed by atoms with Crippen LogP contribution in [0.15, 0.2) is 48.5 Å². The van der Waals surface area contributed by atoms with Crippen molar-refractivity contribution < 1.29 is 14.3 Å². The van der Waals surface area contributed by atoms with Gasteiger partial charge in [0.1, 0.15) is 5.52 Å². The van der Waals surface area contributed by atoms with E-state index in [9.17, 15) is 4.79 Å². The van der Waals surface area contributed by atoms with Gasteiger partial charge >= 0.3 is 0 Å². The number of ether oxygens (including phenoxy) is 2. The van der Waals surface area contributed by atoms with Crippen LogP contribution in [0.3, 0.4) is 0 Å². The summed E-state index contributed by atoms with van der Waals surface area (Å²) in [4.78, 5) is 15.3. The molecule has 0 aliphatic carbocycles. The molecule has 4 heterocycles. The third-order valence-corrected chi connectivity index (χ3v) is 6.72. The number of anilines is 2. The van der Waals surface area contributed by atoms with Crippen molar-refractivity contribution in [2.45, 2.75) is 26.7 Å². The Morgan fingerprint density at radius 2 is 1.89 bits per heavy atom. The van der Waals surface area contributed by atoms with E-state index in [-0.39, 0.29) is 18.6 Å². The summed E-state index contributed by atoms with van der Waals surface area (Å²) in [5, 5.41) is 18.0. The maximum Gasteiger partial charge on any atom is 0.231 e. The molecule has 1 saturated heterocycles. The zero-order valence-electron chi connectivity index (χ0n) is 19.7. The van der Waals surface area contributed by atoms with E-state index in [1.54, 1.807) is 6.07 Å². The molecule has 0 saturated carbocycles. The molecule has 9 nitrogen and oxygen atoms in total. The number of hydrogen-bond donors (Lipinski definition) is 1. The van der Waals surface area contributed by atoms with Crippen LogP contribution in [0, 0.1) is 19.8 Å². The molecule has 1 fully saturated rings. The van der Waals surface area contributed by atoms with Crippen molar-refractivity contribution in [3.8, 4) is 17.2 Å². The first kappa shape index (κ1) is 21.4. The van der Waals surface area contributed by atoms with E-state index >= 15 is 0 Å². The largest absolute Gasteiger partial charge is 0.454 e. The van der Waals surface area contributed by atoms with Crippen molar-refractivity contribution >= 4 is 28.3 Å². The first-order valence-electron chi connectivity index (χ1n) is 11.8. The zero-order valence-corrected chi connectivity index (χ0v) is 19.7. The van der Waals surface area contributed by atoms with Crippen molar-refractivity contribution in [1.82, 2.24) is 20.0 Å². The highest BCUT2D eigenvalue weighted by molar-refractivity contribution is 5.95. The standard InChI is InChI=1S/C26H26N6O3/c1-16-23-17(2)32(20-8-4-3-5-9-20)30-24(23)25(29-28-16)31-12-6-7-18(14-31)26(33)27-19-10-11-21-22(13-19)35-15-34-21/h3-5,8-11,13,18H,6-7,12,14-15H2,1-2H3,(H,27,33). The van der Waals surface area contributed by atoms with E-state index < -0.39 is 0 Å². The quantitative estimate of drug-likeness (QED) is 0.481. The molecule has 0 spiro atoms. The molecule has 4 aromatic rings. The molecule has 0 radical (unpaired) electrons. The van der Waals surface area contributed by atoms with Gasteiger partial charge in [0.15, 0.2) is 17.3 Å². The summed E-state index contributed by atoms with van der Waals surface area (Å²) in [7, 11) is 0. The number of hydrogen-bond acceptors (Lipinski definition) is 7. The van der Waals surface area contributed by atoms with Gasteiger partial charge in [0.05, 0.1) is 28.4 Å². The summed E-state index contributed by atoms with van der Waals surface area (Å²) in [6.45, 7) is 5.58. The number of benzene rings is 2. The van der Waals surface area contributed by atoms with E-state index in [1.807, 2.05) is 54.1 Å². The molecule has 1 atom stereocenters. The molecule has 2 aliphatic rings. The fraction of sp³-hybridized carbons (Fsp3) is 0.308. The van der Waals surface area contributed by atoms with E-state index in [4.69, 9.17) is 14.6 Å². The predicted octanol–water partition coefficient (Wildman–Crippen LogP) is 4.02. The third-order valence-electron chi connectivity index (χ3n) is 6.72. The SMILES string of the molecule is Cc1nnc(N2CCCC(C(=O)Nc3ccc4c(c3)OCO4)C2)c2nn(-c3ccccc3)c(C)c12. The number of fused-ring (bicyclic) bond motifs is 2. The van der Waals surface area contributed by atoms with Crippen LogP contribution >= 0.6 is 0 Å². The van der Waals surface area contributed by atoms with Crippen LogP contribution in [0.5, 0.6) is 11.5 Å². The first-order chi connectivity index (χ1) is 17.1. The minimum Gasteiger partial charge on any atom is -0.454 e. The molecular weight excluding hydrogens is 444 g/mol. The van der Waals surface area contributed by atoms with Crippen LogP contribution in [0.2, 0.25) is 0 Å². The van der Waals surface area contributed by atoms with Crippen LogP contribution in [0.25, 0.3) is 16.6 Å². The molecule has 1 unspecified atom stereocenters. The second-order valence-electron chi connectivity index (χ2n) is 9.01. The average Bonchev–Trinajstić information content (AvgIpc) is 3.49. The summed E-state index contributed by atoms with van der Waals surface area (Å²) in [6, 6.07) is 15.5. The maximum absolute atomic E-state index is 13.1. The number of rotatable bonds is 4. The number of nitrogens with one attached hydrogen (secondary N) is 1. The van der Waals surface area contributed by atoms with Gasteiger partial charge in [-0.3, -0.25) is 4.79 Å². The Bertz CT molecular complexity index is 1420. The molecule has 2 aromatic heterocycles. The summed E-state index contributed by atoms with van der Waals surface area (Å²) >= 11 is 0. The molecule has 178 valence electrons. The molecule has 2 aliphatic heterocycles. The lowest BCUT2D eigenvalue weighted by Crippen LogP contribution is -2.41. The lowest BCUT2D eigenvalue weighted by atomic mass is 9.97. The monoisotopic (exact) mass is 470 g/mol. The number of aryl methyl sites for hydroxylation is 2. The van der Waals surface area contributed by atoms with E-state index in [1.165, 1.54) is 0 Å². The Balaban J connectivity index is 1.27. The van der Waals surface area contributed by atoms with Gasteiger partial charge in [-0.05, 0) is 51.0 Å². The molecule has 2 aromatic carbocycles. The normalized spacial score (nSPS) is 17.1. The van der Waals surface area contributed by atoms with Gasteiger partial charge in [-0.25, -0.2) is 4.68 Å². The number of carbonyl (C=O) groups is 1. The van der Waals surface area contributed by atoms with Gasteiger partial charge in [-0.2, -0.15) is 10.2 Å². The number of para-hydroxylation sites is 1. The fourth-order valence-electron chi connectivity index (χ4n) is 4.95. The van der Waals surface area contributed by atoms with Crippen LogP contribution in [-0.4, -0.2) is 45.8 Å². The Hall–Kier alpha value is -4.14. The molecule has 1 amide bonds. The van der Waals surface area contributed by atoms with Crippen LogP contribution in [-0.2, 0) is 4.79 Å². The highest BCUT2D eigenvalue weighted by Gasteiger charge is 2.29. The van der Waals surface area contributed by atoms with Crippen molar-refractivity contribution in [2.75, 3.05) is 30.1 Å². The molecule has 9 heteroatoms. The molecule has 6 rings (SSSR count). The second kappa shape index (κ2) is 8.57. The van der Waals surface area contributed by atoms with Crippen LogP contribution < -0.4 is 19.7 Å². The van der Waals surface area contributed by atoms with Gasteiger partial charge in [-0.1, -0.05) is 18.2 Å². The molecule has 35 heavy (non-hydrogen) atoms. The summed E-state index contributed by atoms with van der Waals surface area (Å²) in [5.74, 6) is 1.87. The van der Waals surface area contributed by atoms with Crippen molar-refractivity contribution in [1.29, 1.82) is 0 Å². The first-order valence-corrected chi connectivity index (χ1v) is 11.8. The van der Waals surface area contributed by atoms with E-state index in [0.29, 0.717) is 23.7 Å². The van der Waals surface area contributed by atoms with E-state index in [2.05, 4.69) is 27.3 Å². The topological polar surface area (TPSA) is 94.4 Å². The Morgan fingerprint density at radius 3 is 2.74 bits per heavy atom. The number of aromatic nitrogens is 4. The van der Waals surface area contributed by atoms with Gasteiger partial charge in [0.2, 0.25) is 12.7 Å². The van der Waals surface area contributed by atoms with Crippen LogP contribution in [0.4, 0.5) is 11.5 Å². The van der Waals surface area contributed by atoms with Crippen molar-refractivity contribution in [3.05, 3.63) is 59.9 Å². The Kier molecular flexibility index (Phi) is 5.24. The van der Waals surface area contributed by atoms with E-state index in [0.717, 1.165) is 53.2 Å². The maximum atomic E-state index is 13.1. The number of piperidine rings is 1. The Labute approximate surface area is 202 Å². The summed E-state index contributed by atoms with van der Waals surface area (Å²) < 4.78 is 12.7. The van der Waals surface area contributed by atoms with Gasteiger partial charge in [-0.15, -0.1) is 5.10 Å². The highest BCUT2D eigenvalue weighted by atomic mass is 16.7. The van der Waals surface area contributed by atoms with Gasteiger partial charge in [0, 0.05) is 24.8 Å². The minimum absolute atomic E-state index is 0.0177. The molecule has 0 bridgehead atoms. The average molecular weight is 471 g/mol. The number of nitrogens with zero attached hydrogens (tertiary/aromatic N) is 5. The summed E-state index contributed by atoms with van der Waals surface area (Å²) in [6.07, 6.45) is 1.70. The third kappa shape index (κ3) is 3.82. The minimum atomic E-state index is -0.176.